The minimum Gasteiger partial charge on any atom is -0.487 e. The second-order valence-corrected chi connectivity index (χ2v) is 9.90. The minimum absolute atomic E-state index is 0.0114. The van der Waals surface area contributed by atoms with Crippen LogP contribution in [-0.2, 0) is 25.7 Å². The van der Waals surface area contributed by atoms with Gasteiger partial charge in [0.05, 0.1) is 3.57 Å². The van der Waals surface area contributed by atoms with Gasteiger partial charge in [0.25, 0.3) is 5.79 Å². The van der Waals surface area contributed by atoms with E-state index in [9.17, 15) is 14.0 Å². The highest BCUT2D eigenvalue weighted by Crippen LogP contribution is 2.38. The first-order valence-electron chi connectivity index (χ1n) is 9.90. The molecule has 0 N–H and O–H groups in total. The van der Waals surface area contributed by atoms with E-state index in [2.05, 4.69) is 45.2 Å². The normalized spacial score (nSPS) is 17.8. The number of esters is 2. The highest BCUT2D eigenvalue weighted by molar-refractivity contribution is 14.1. The summed E-state index contributed by atoms with van der Waals surface area (Å²) in [6, 6.07) is 10.1. The zero-order valence-corrected chi connectivity index (χ0v) is 20.8. The van der Waals surface area contributed by atoms with Crippen molar-refractivity contribution in [1.82, 2.24) is 0 Å². The summed E-state index contributed by atoms with van der Waals surface area (Å²) in [6.45, 7) is 0.0114. The average molecular weight is 648 g/mol. The Morgan fingerprint density at radius 2 is 1.71 bits per heavy atom. The van der Waals surface area contributed by atoms with Gasteiger partial charge in [0.1, 0.15) is 23.7 Å². The van der Waals surface area contributed by atoms with Crippen LogP contribution in [0.1, 0.15) is 43.2 Å². The molecule has 2 aliphatic rings. The molecule has 0 amide bonds. The number of carbonyl (C=O) groups excluding carboxylic acids is 2. The van der Waals surface area contributed by atoms with Crippen molar-refractivity contribution in [1.29, 1.82) is 0 Å². The maximum atomic E-state index is 14.0. The van der Waals surface area contributed by atoms with Gasteiger partial charge in [-0.25, -0.2) is 14.0 Å². The highest BCUT2D eigenvalue weighted by Gasteiger charge is 2.46. The van der Waals surface area contributed by atoms with Crippen molar-refractivity contribution in [2.24, 2.45) is 0 Å². The lowest BCUT2D eigenvalue weighted by molar-refractivity contribution is -0.244. The Bertz CT molecular complexity index is 1040. The summed E-state index contributed by atoms with van der Waals surface area (Å²) in [7, 11) is 0. The van der Waals surface area contributed by atoms with Gasteiger partial charge in [-0.05, 0) is 82.3 Å². The Kier molecular flexibility index (Phi) is 6.85. The predicted molar refractivity (Wildman–Crippen MR) is 129 cm³/mol. The first-order chi connectivity index (χ1) is 14.9. The van der Waals surface area contributed by atoms with Crippen LogP contribution in [0.2, 0.25) is 0 Å². The molecule has 2 aromatic rings. The van der Waals surface area contributed by atoms with Gasteiger partial charge in [0.15, 0.2) is 0 Å². The van der Waals surface area contributed by atoms with Crippen LogP contribution in [0.5, 0.6) is 5.75 Å². The molecule has 2 fully saturated rings. The number of hydrogen-bond acceptors (Lipinski definition) is 5. The lowest BCUT2D eigenvalue weighted by atomic mass is 9.93. The number of hydrogen-bond donors (Lipinski definition) is 0. The third-order valence-electron chi connectivity index (χ3n) is 5.28. The average Bonchev–Trinajstić information content (AvgIpc) is 2.72. The lowest BCUT2D eigenvalue weighted by Crippen LogP contribution is -2.47. The molecule has 1 spiro atoms. The molecule has 0 bridgehead atoms. The molecule has 8 heteroatoms. The Balaban J connectivity index is 1.63. The molecule has 1 saturated heterocycles. The topological polar surface area (TPSA) is 61.8 Å². The van der Waals surface area contributed by atoms with E-state index in [-0.39, 0.29) is 18.0 Å². The minimum atomic E-state index is -1.13. The summed E-state index contributed by atoms with van der Waals surface area (Å²) in [5, 5.41) is 0. The van der Waals surface area contributed by atoms with E-state index < -0.39 is 17.7 Å². The van der Waals surface area contributed by atoms with Crippen LogP contribution in [0, 0.1) is 13.0 Å². The largest absolute Gasteiger partial charge is 0.487 e. The number of carbonyl (C=O) groups is 2. The molecule has 5 nitrogen and oxygen atoms in total. The Hall–Kier alpha value is -1.69. The summed E-state index contributed by atoms with van der Waals surface area (Å²) < 4.78 is 32.7. The van der Waals surface area contributed by atoms with Gasteiger partial charge in [-0.2, -0.15) is 0 Å². The molecule has 1 aliphatic heterocycles. The van der Waals surface area contributed by atoms with Crippen LogP contribution in [0.4, 0.5) is 4.39 Å². The molecule has 1 saturated carbocycles. The maximum absolute atomic E-state index is 14.0. The van der Waals surface area contributed by atoms with E-state index in [0.29, 0.717) is 29.7 Å². The van der Waals surface area contributed by atoms with Crippen molar-refractivity contribution in [2.45, 2.75) is 44.5 Å². The van der Waals surface area contributed by atoms with Crippen LogP contribution in [0.3, 0.4) is 0 Å². The monoisotopic (exact) mass is 648 g/mol. The van der Waals surface area contributed by atoms with E-state index in [1.807, 2.05) is 6.07 Å². The fourth-order valence-corrected chi connectivity index (χ4v) is 5.77. The first-order valence-corrected chi connectivity index (χ1v) is 12.1. The molecule has 0 atom stereocenters. The molecule has 162 valence electrons. The van der Waals surface area contributed by atoms with E-state index in [0.717, 1.165) is 26.4 Å². The predicted octanol–water partition coefficient (Wildman–Crippen LogP) is 5.76. The van der Waals surface area contributed by atoms with Gasteiger partial charge in [-0.15, -0.1) is 0 Å². The van der Waals surface area contributed by atoms with Crippen molar-refractivity contribution in [3.63, 3.8) is 0 Å². The molecule has 0 aromatic heterocycles. The third kappa shape index (κ3) is 5.05. The summed E-state index contributed by atoms with van der Waals surface area (Å²) >= 11 is 4.26. The van der Waals surface area contributed by atoms with Crippen molar-refractivity contribution in [3.05, 3.63) is 66.1 Å². The van der Waals surface area contributed by atoms with Gasteiger partial charge >= 0.3 is 11.9 Å². The van der Waals surface area contributed by atoms with Gasteiger partial charge in [-0.1, -0.05) is 24.6 Å². The third-order valence-corrected chi connectivity index (χ3v) is 6.70. The zero-order valence-electron chi connectivity index (χ0n) is 16.5. The number of rotatable bonds is 4. The van der Waals surface area contributed by atoms with Crippen LogP contribution in [0.15, 0.2) is 42.0 Å². The first kappa shape index (κ1) is 22.5. The summed E-state index contributed by atoms with van der Waals surface area (Å²) in [5.74, 6) is -2.41. The molecule has 0 radical (unpaired) electrons. The smallest absolute Gasteiger partial charge is 0.348 e. The van der Waals surface area contributed by atoms with E-state index in [1.165, 1.54) is 12.1 Å². The fourth-order valence-electron chi connectivity index (χ4n) is 3.73. The van der Waals surface area contributed by atoms with Gasteiger partial charge < -0.3 is 14.2 Å². The van der Waals surface area contributed by atoms with E-state index >= 15 is 0 Å². The molecule has 0 unspecified atom stereocenters. The maximum Gasteiger partial charge on any atom is 0.348 e. The zero-order chi connectivity index (χ0) is 22.0. The summed E-state index contributed by atoms with van der Waals surface area (Å²) in [4.78, 5) is 25.4. The van der Waals surface area contributed by atoms with Crippen molar-refractivity contribution in [3.8, 4) is 5.75 Å². The van der Waals surface area contributed by atoms with Crippen LogP contribution in [0.25, 0.3) is 6.08 Å². The Labute approximate surface area is 206 Å². The highest BCUT2D eigenvalue weighted by atomic mass is 127. The van der Waals surface area contributed by atoms with Crippen molar-refractivity contribution in [2.75, 3.05) is 0 Å². The van der Waals surface area contributed by atoms with Crippen molar-refractivity contribution < 1.29 is 28.2 Å². The molecule has 31 heavy (non-hydrogen) atoms. The standard InChI is InChI=1S/C23H19FI2O5/c24-18-7-3-2-6-14(18)13-29-20-15(10-16(25)12-19(20)26)11-17-21(27)30-23(31-22(17)28)8-4-1-5-9-23/h2-3,6-7,10-12H,1,4-5,8-9,13H2. The number of halogens is 3. The lowest BCUT2D eigenvalue weighted by Gasteiger charge is -2.38. The number of benzene rings is 2. The number of ether oxygens (including phenoxy) is 3. The molecule has 1 aliphatic carbocycles. The SMILES string of the molecule is O=C1OC2(CCCCC2)OC(=O)C1=Cc1cc(I)cc(I)c1OCc1ccccc1F. The van der Waals surface area contributed by atoms with Crippen LogP contribution < -0.4 is 4.74 Å². The van der Waals surface area contributed by atoms with Gasteiger partial charge in [0.2, 0.25) is 0 Å². The summed E-state index contributed by atoms with van der Waals surface area (Å²) in [5.41, 5.74) is 0.757. The Morgan fingerprint density at radius 3 is 2.39 bits per heavy atom. The van der Waals surface area contributed by atoms with Crippen LogP contribution >= 0.6 is 45.2 Å². The molecule has 1 heterocycles. The molecule has 4 rings (SSSR count). The van der Waals surface area contributed by atoms with E-state index in [4.69, 9.17) is 14.2 Å². The van der Waals surface area contributed by atoms with Gasteiger partial charge in [-0.3, -0.25) is 0 Å². The van der Waals surface area contributed by atoms with E-state index in [1.54, 1.807) is 24.3 Å². The second kappa shape index (κ2) is 9.43. The van der Waals surface area contributed by atoms with Gasteiger partial charge in [0, 0.05) is 27.5 Å². The van der Waals surface area contributed by atoms with Crippen LogP contribution in [-0.4, -0.2) is 17.7 Å². The molecular weight excluding hydrogens is 629 g/mol. The fraction of sp³-hybridized carbons (Fsp3) is 0.304. The Morgan fingerprint density at radius 1 is 1.03 bits per heavy atom. The summed E-state index contributed by atoms with van der Waals surface area (Å²) in [6.07, 6.45) is 5.21. The second-order valence-electron chi connectivity index (χ2n) is 7.49. The molecule has 2 aromatic carbocycles. The van der Waals surface area contributed by atoms with Crippen molar-refractivity contribution >= 4 is 63.2 Å². The quantitative estimate of drug-likeness (QED) is 0.183. The molecular formula is C23H19FI2O5.